The Kier molecular flexibility index (Phi) is 1.88. The number of H-pyrrole nitrogens is 1. The van der Waals surface area contributed by atoms with Crippen LogP contribution < -0.4 is 0 Å². The van der Waals surface area contributed by atoms with Gasteiger partial charge < -0.3 is 9.55 Å². The van der Waals surface area contributed by atoms with Crippen molar-refractivity contribution in [1.29, 1.82) is 0 Å². The topological polar surface area (TPSA) is 20.7 Å². The van der Waals surface area contributed by atoms with E-state index in [9.17, 15) is 0 Å². The summed E-state index contributed by atoms with van der Waals surface area (Å²) >= 11 is 5.29. The van der Waals surface area contributed by atoms with Crippen LogP contribution in [0.5, 0.6) is 0 Å². The molecule has 0 aromatic carbocycles. The van der Waals surface area contributed by atoms with Gasteiger partial charge in [0.1, 0.15) is 0 Å². The van der Waals surface area contributed by atoms with Gasteiger partial charge in [-0.25, -0.2) is 0 Å². The zero-order valence-electron chi connectivity index (χ0n) is 8.42. The highest BCUT2D eigenvalue weighted by atomic mass is 32.1. The fourth-order valence-corrected chi connectivity index (χ4v) is 2.46. The van der Waals surface area contributed by atoms with Crippen LogP contribution in [0.1, 0.15) is 32.4 Å². The third kappa shape index (κ3) is 1.26. The molecule has 1 N–H and O–H groups in total. The zero-order valence-corrected chi connectivity index (χ0v) is 9.24. The minimum Gasteiger partial charge on any atom is -0.335 e. The summed E-state index contributed by atoms with van der Waals surface area (Å²) in [6.07, 6.45) is 4.70. The van der Waals surface area contributed by atoms with Gasteiger partial charge in [-0.15, -0.1) is 0 Å². The van der Waals surface area contributed by atoms with E-state index in [1.165, 1.54) is 12.8 Å². The van der Waals surface area contributed by atoms with Crippen LogP contribution in [0.2, 0.25) is 0 Å². The van der Waals surface area contributed by atoms with Gasteiger partial charge in [0, 0.05) is 17.4 Å². The molecule has 1 aromatic heterocycles. The number of imidazole rings is 1. The fourth-order valence-electron chi connectivity index (χ4n) is 2.07. The van der Waals surface area contributed by atoms with E-state index in [2.05, 4.69) is 36.5 Å². The number of aromatic nitrogens is 2. The number of hydrogen-bond donors (Lipinski definition) is 1. The van der Waals surface area contributed by atoms with Crippen molar-refractivity contribution < 1.29 is 0 Å². The summed E-state index contributed by atoms with van der Waals surface area (Å²) in [6, 6.07) is 0. The van der Waals surface area contributed by atoms with Crippen molar-refractivity contribution in [2.75, 3.05) is 0 Å². The summed E-state index contributed by atoms with van der Waals surface area (Å²) in [5, 5.41) is 0. The maximum absolute atomic E-state index is 5.29. The lowest BCUT2D eigenvalue weighted by Crippen LogP contribution is -2.22. The Labute approximate surface area is 84.0 Å². The van der Waals surface area contributed by atoms with E-state index in [-0.39, 0.29) is 0 Å². The first-order valence-electron chi connectivity index (χ1n) is 4.85. The highest BCUT2D eigenvalue weighted by molar-refractivity contribution is 7.71. The lowest BCUT2D eigenvalue weighted by atomic mass is 10.0. The molecule has 2 rings (SSSR count). The van der Waals surface area contributed by atoms with Crippen LogP contribution >= 0.6 is 12.2 Å². The molecule has 0 saturated heterocycles. The maximum Gasteiger partial charge on any atom is 0.177 e. The third-order valence-electron chi connectivity index (χ3n) is 3.16. The summed E-state index contributed by atoms with van der Waals surface area (Å²) in [6.45, 7) is 6.61. The van der Waals surface area contributed by atoms with E-state index in [1.807, 2.05) is 0 Å². The quantitative estimate of drug-likeness (QED) is 0.721. The first-order valence-corrected chi connectivity index (χ1v) is 5.26. The average Bonchev–Trinajstić information content (AvgIpc) is 2.75. The van der Waals surface area contributed by atoms with Crippen LogP contribution in [0, 0.1) is 17.6 Å². The molecule has 1 aromatic rings. The SMILES string of the molecule is Cc1cn(C2(C(C)C)CC2)c(=S)[nH]1. The molecule has 72 valence electrons. The number of rotatable bonds is 2. The van der Waals surface area contributed by atoms with E-state index >= 15 is 0 Å². The molecule has 0 atom stereocenters. The summed E-state index contributed by atoms with van der Waals surface area (Å²) in [5.41, 5.74) is 1.50. The lowest BCUT2D eigenvalue weighted by Gasteiger charge is -2.21. The number of aromatic amines is 1. The normalized spacial score (nSPS) is 19.4. The van der Waals surface area contributed by atoms with Crippen LogP contribution in [0.4, 0.5) is 0 Å². The average molecular weight is 196 g/mol. The monoisotopic (exact) mass is 196 g/mol. The molecule has 0 unspecified atom stereocenters. The van der Waals surface area contributed by atoms with Gasteiger partial charge in [-0.2, -0.15) is 0 Å². The number of nitrogens with zero attached hydrogens (tertiary/aromatic N) is 1. The molecule has 13 heavy (non-hydrogen) atoms. The standard InChI is InChI=1S/C10H16N2S/c1-7(2)10(4-5-10)12-6-8(3)11-9(12)13/h6-7H,4-5H2,1-3H3,(H,11,13). The van der Waals surface area contributed by atoms with E-state index in [4.69, 9.17) is 12.2 Å². The Balaban J connectivity index is 2.46. The molecule has 0 aliphatic heterocycles. The molecule has 0 spiro atoms. The predicted molar refractivity (Wildman–Crippen MR) is 56.4 cm³/mol. The van der Waals surface area contributed by atoms with E-state index < -0.39 is 0 Å². The van der Waals surface area contributed by atoms with Crippen LogP contribution in [-0.2, 0) is 5.54 Å². The Hall–Kier alpha value is -0.570. The molecule has 1 saturated carbocycles. The highest BCUT2D eigenvalue weighted by Crippen LogP contribution is 2.49. The lowest BCUT2D eigenvalue weighted by molar-refractivity contribution is 0.347. The molecule has 1 aliphatic rings. The summed E-state index contributed by atoms with van der Waals surface area (Å²) in [5.74, 6) is 0.675. The van der Waals surface area contributed by atoms with E-state index in [0.29, 0.717) is 11.5 Å². The van der Waals surface area contributed by atoms with Gasteiger partial charge in [0.2, 0.25) is 0 Å². The van der Waals surface area contributed by atoms with Crippen molar-refractivity contribution in [3.63, 3.8) is 0 Å². The van der Waals surface area contributed by atoms with Gasteiger partial charge in [0.25, 0.3) is 0 Å². The van der Waals surface area contributed by atoms with Crippen LogP contribution in [-0.4, -0.2) is 9.55 Å². The Morgan fingerprint density at radius 1 is 1.54 bits per heavy atom. The van der Waals surface area contributed by atoms with Crippen molar-refractivity contribution >= 4 is 12.2 Å². The number of nitrogens with one attached hydrogen (secondary N) is 1. The van der Waals surface area contributed by atoms with Crippen molar-refractivity contribution in [1.82, 2.24) is 9.55 Å². The molecule has 0 radical (unpaired) electrons. The molecule has 2 nitrogen and oxygen atoms in total. The van der Waals surface area contributed by atoms with Gasteiger partial charge in [-0.05, 0) is 37.9 Å². The van der Waals surface area contributed by atoms with Crippen LogP contribution in [0.25, 0.3) is 0 Å². The molecule has 1 heterocycles. The summed E-state index contributed by atoms with van der Waals surface area (Å²) < 4.78 is 3.13. The Morgan fingerprint density at radius 2 is 2.15 bits per heavy atom. The van der Waals surface area contributed by atoms with Crippen molar-refractivity contribution in [2.24, 2.45) is 5.92 Å². The van der Waals surface area contributed by atoms with Crippen LogP contribution in [0.3, 0.4) is 0 Å². The van der Waals surface area contributed by atoms with Crippen molar-refractivity contribution in [3.8, 4) is 0 Å². The number of aryl methyl sites for hydroxylation is 1. The Bertz CT molecular complexity index is 369. The first-order chi connectivity index (χ1) is 6.06. The van der Waals surface area contributed by atoms with E-state index in [1.54, 1.807) is 0 Å². The molecule has 1 aliphatic carbocycles. The van der Waals surface area contributed by atoms with Gasteiger partial charge in [-0.1, -0.05) is 13.8 Å². The molecule has 0 bridgehead atoms. The van der Waals surface area contributed by atoms with Gasteiger partial charge >= 0.3 is 0 Å². The van der Waals surface area contributed by atoms with Crippen molar-refractivity contribution in [3.05, 3.63) is 16.7 Å². The zero-order chi connectivity index (χ0) is 9.64. The minimum absolute atomic E-state index is 0.335. The second-order valence-electron chi connectivity index (χ2n) is 4.37. The Morgan fingerprint density at radius 3 is 2.46 bits per heavy atom. The predicted octanol–water partition coefficient (Wildman–Crippen LogP) is 3.00. The summed E-state index contributed by atoms with van der Waals surface area (Å²) in [4.78, 5) is 3.19. The maximum atomic E-state index is 5.29. The van der Waals surface area contributed by atoms with Gasteiger partial charge in [-0.3, -0.25) is 0 Å². The second-order valence-corrected chi connectivity index (χ2v) is 4.76. The molecule has 1 fully saturated rings. The molecule has 3 heteroatoms. The van der Waals surface area contributed by atoms with Gasteiger partial charge in [0.05, 0.1) is 0 Å². The van der Waals surface area contributed by atoms with E-state index in [0.717, 1.165) is 10.5 Å². The smallest absolute Gasteiger partial charge is 0.177 e. The first kappa shape index (κ1) is 9.00. The third-order valence-corrected chi connectivity index (χ3v) is 3.46. The van der Waals surface area contributed by atoms with Gasteiger partial charge in [0.15, 0.2) is 4.77 Å². The van der Waals surface area contributed by atoms with Crippen molar-refractivity contribution in [2.45, 2.75) is 39.2 Å². The van der Waals surface area contributed by atoms with Crippen LogP contribution in [0.15, 0.2) is 6.20 Å². The molecule has 0 amide bonds. The second kappa shape index (κ2) is 2.71. The molecular formula is C10H16N2S. The fraction of sp³-hybridized carbons (Fsp3) is 0.700. The summed E-state index contributed by atoms with van der Waals surface area (Å²) in [7, 11) is 0. The minimum atomic E-state index is 0.335. The molecular weight excluding hydrogens is 180 g/mol. The highest BCUT2D eigenvalue weighted by Gasteiger charge is 2.47. The number of hydrogen-bond acceptors (Lipinski definition) is 1. The largest absolute Gasteiger partial charge is 0.335 e.